The molecule has 0 aromatic carbocycles. The Morgan fingerprint density at radius 3 is 2.78 bits per heavy atom. The van der Waals surface area contributed by atoms with Gasteiger partial charge in [0.2, 0.25) is 10.0 Å². The van der Waals surface area contributed by atoms with Crippen molar-refractivity contribution in [1.29, 1.82) is 0 Å². The minimum Gasteiger partial charge on any atom is -0.321 e. The molecule has 0 aliphatic carbocycles. The van der Waals surface area contributed by atoms with E-state index in [4.69, 9.17) is 0 Å². The number of carbonyl (C=O) groups is 1. The SMILES string of the molecule is CS(=O)(=O)N1CCc2c(cncc2C(=O)Nc2cccnc2)C1. The fourth-order valence-corrected chi connectivity index (χ4v) is 3.38. The van der Waals surface area contributed by atoms with E-state index in [1.54, 1.807) is 30.7 Å². The molecule has 1 N–H and O–H groups in total. The molecule has 1 amide bonds. The van der Waals surface area contributed by atoms with Crippen LogP contribution in [-0.4, -0.2) is 41.4 Å². The summed E-state index contributed by atoms with van der Waals surface area (Å²) in [5.41, 5.74) is 2.69. The molecule has 0 spiro atoms. The van der Waals surface area contributed by atoms with Gasteiger partial charge in [0, 0.05) is 31.7 Å². The van der Waals surface area contributed by atoms with Gasteiger partial charge in [0.15, 0.2) is 0 Å². The fourth-order valence-electron chi connectivity index (χ4n) is 2.58. The van der Waals surface area contributed by atoms with E-state index < -0.39 is 10.0 Å². The standard InChI is InChI=1S/C15H16N4O3S/c1-23(21,22)19-6-4-13-11(10-19)7-17-9-14(13)15(20)18-12-3-2-5-16-8-12/h2-3,5,7-9H,4,6,10H2,1H3,(H,18,20). The van der Waals surface area contributed by atoms with E-state index in [1.807, 2.05) is 0 Å². The van der Waals surface area contributed by atoms with Crippen LogP contribution in [0.1, 0.15) is 21.5 Å². The first-order valence-corrected chi connectivity index (χ1v) is 8.92. The van der Waals surface area contributed by atoms with Crippen LogP contribution in [0, 0.1) is 0 Å². The molecule has 2 aromatic heterocycles. The molecule has 0 unspecified atom stereocenters. The molecule has 0 atom stereocenters. The number of amides is 1. The van der Waals surface area contributed by atoms with Crippen molar-refractivity contribution >= 4 is 21.6 Å². The summed E-state index contributed by atoms with van der Waals surface area (Å²) in [5, 5.41) is 2.78. The van der Waals surface area contributed by atoms with Gasteiger partial charge in [0.1, 0.15) is 0 Å². The molecule has 0 radical (unpaired) electrons. The third-order valence-electron chi connectivity index (χ3n) is 3.74. The van der Waals surface area contributed by atoms with Crippen LogP contribution in [-0.2, 0) is 23.0 Å². The van der Waals surface area contributed by atoms with Crippen molar-refractivity contribution in [3.63, 3.8) is 0 Å². The lowest BCUT2D eigenvalue weighted by Crippen LogP contribution is -2.36. The first-order valence-electron chi connectivity index (χ1n) is 7.07. The van der Waals surface area contributed by atoms with Gasteiger partial charge in [-0.1, -0.05) is 0 Å². The van der Waals surface area contributed by atoms with Crippen LogP contribution in [0.15, 0.2) is 36.9 Å². The van der Waals surface area contributed by atoms with E-state index in [-0.39, 0.29) is 12.5 Å². The van der Waals surface area contributed by atoms with Crippen molar-refractivity contribution < 1.29 is 13.2 Å². The molecular weight excluding hydrogens is 316 g/mol. The number of nitrogens with zero attached hydrogens (tertiary/aromatic N) is 3. The lowest BCUT2D eigenvalue weighted by atomic mass is 9.98. The highest BCUT2D eigenvalue weighted by atomic mass is 32.2. The number of fused-ring (bicyclic) bond motifs is 1. The number of rotatable bonds is 3. The number of carbonyl (C=O) groups excluding carboxylic acids is 1. The predicted octanol–water partition coefficient (Wildman–Crippen LogP) is 1.05. The molecule has 0 bridgehead atoms. The largest absolute Gasteiger partial charge is 0.321 e. The first-order chi connectivity index (χ1) is 10.9. The van der Waals surface area contributed by atoms with Crippen molar-refractivity contribution in [2.75, 3.05) is 18.1 Å². The molecule has 0 saturated carbocycles. The quantitative estimate of drug-likeness (QED) is 0.907. The highest BCUT2D eigenvalue weighted by molar-refractivity contribution is 7.88. The molecule has 0 fully saturated rings. The maximum Gasteiger partial charge on any atom is 0.257 e. The van der Waals surface area contributed by atoms with E-state index in [2.05, 4.69) is 15.3 Å². The Bertz CT molecular complexity index is 837. The summed E-state index contributed by atoms with van der Waals surface area (Å²) < 4.78 is 24.7. The molecule has 120 valence electrons. The number of hydrogen-bond acceptors (Lipinski definition) is 5. The van der Waals surface area contributed by atoms with Crippen molar-refractivity contribution in [3.05, 3.63) is 53.6 Å². The van der Waals surface area contributed by atoms with Gasteiger partial charge in [0.05, 0.1) is 23.7 Å². The Labute approximate surface area is 134 Å². The Morgan fingerprint density at radius 1 is 1.26 bits per heavy atom. The topological polar surface area (TPSA) is 92.3 Å². The van der Waals surface area contributed by atoms with Crippen LogP contribution in [0.2, 0.25) is 0 Å². The maximum absolute atomic E-state index is 12.5. The van der Waals surface area contributed by atoms with Gasteiger partial charge in [-0.2, -0.15) is 4.31 Å². The third-order valence-corrected chi connectivity index (χ3v) is 4.99. The Morgan fingerprint density at radius 2 is 2.09 bits per heavy atom. The average Bonchev–Trinajstić information content (AvgIpc) is 2.54. The second-order valence-corrected chi connectivity index (χ2v) is 7.35. The molecule has 7 nitrogen and oxygen atoms in total. The van der Waals surface area contributed by atoms with Crippen LogP contribution in [0.5, 0.6) is 0 Å². The molecule has 2 aromatic rings. The number of sulfonamides is 1. The van der Waals surface area contributed by atoms with E-state index in [9.17, 15) is 13.2 Å². The minimum absolute atomic E-state index is 0.245. The zero-order valence-electron chi connectivity index (χ0n) is 12.6. The van der Waals surface area contributed by atoms with Gasteiger partial charge in [-0.25, -0.2) is 8.42 Å². The predicted molar refractivity (Wildman–Crippen MR) is 85.4 cm³/mol. The van der Waals surface area contributed by atoms with Gasteiger partial charge in [-0.15, -0.1) is 0 Å². The fraction of sp³-hybridized carbons (Fsp3) is 0.267. The van der Waals surface area contributed by atoms with Crippen molar-refractivity contribution in [2.24, 2.45) is 0 Å². The molecule has 3 rings (SSSR count). The molecule has 1 aliphatic rings. The van der Waals surface area contributed by atoms with Crippen LogP contribution >= 0.6 is 0 Å². The van der Waals surface area contributed by atoms with E-state index >= 15 is 0 Å². The second kappa shape index (κ2) is 6.05. The Balaban J connectivity index is 1.87. The zero-order valence-corrected chi connectivity index (χ0v) is 13.4. The van der Waals surface area contributed by atoms with Crippen molar-refractivity contribution in [3.8, 4) is 0 Å². The molecule has 0 saturated heterocycles. The summed E-state index contributed by atoms with van der Waals surface area (Å²) in [6.45, 7) is 0.609. The number of pyridine rings is 2. The number of anilines is 1. The molecule has 1 aliphatic heterocycles. The van der Waals surface area contributed by atoms with Crippen LogP contribution in [0.4, 0.5) is 5.69 Å². The molecule has 23 heavy (non-hydrogen) atoms. The van der Waals surface area contributed by atoms with Gasteiger partial charge < -0.3 is 5.32 Å². The van der Waals surface area contributed by atoms with Crippen molar-refractivity contribution in [1.82, 2.24) is 14.3 Å². The van der Waals surface area contributed by atoms with Crippen LogP contribution < -0.4 is 5.32 Å². The van der Waals surface area contributed by atoms with Gasteiger partial charge >= 0.3 is 0 Å². The molecule has 8 heteroatoms. The zero-order chi connectivity index (χ0) is 16.4. The summed E-state index contributed by atoms with van der Waals surface area (Å²) >= 11 is 0. The molecular formula is C15H16N4O3S. The summed E-state index contributed by atoms with van der Waals surface area (Å²) in [6.07, 6.45) is 7.99. The van der Waals surface area contributed by atoms with E-state index in [0.717, 1.165) is 11.1 Å². The number of hydrogen-bond donors (Lipinski definition) is 1. The van der Waals surface area contributed by atoms with E-state index in [0.29, 0.717) is 24.2 Å². The normalized spacial score (nSPS) is 15.0. The molecule has 3 heterocycles. The van der Waals surface area contributed by atoms with Crippen molar-refractivity contribution in [2.45, 2.75) is 13.0 Å². The maximum atomic E-state index is 12.5. The monoisotopic (exact) mass is 332 g/mol. The highest BCUT2D eigenvalue weighted by Gasteiger charge is 2.26. The Kier molecular flexibility index (Phi) is 4.10. The highest BCUT2D eigenvalue weighted by Crippen LogP contribution is 2.23. The third kappa shape index (κ3) is 3.38. The number of aromatic nitrogens is 2. The first kappa shape index (κ1) is 15.6. The lowest BCUT2D eigenvalue weighted by Gasteiger charge is -2.27. The lowest BCUT2D eigenvalue weighted by molar-refractivity contribution is 0.102. The number of nitrogens with one attached hydrogen (secondary N) is 1. The summed E-state index contributed by atoms with van der Waals surface area (Å²) in [7, 11) is -3.25. The average molecular weight is 332 g/mol. The van der Waals surface area contributed by atoms with Crippen LogP contribution in [0.25, 0.3) is 0 Å². The minimum atomic E-state index is -3.25. The summed E-state index contributed by atoms with van der Waals surface area (Å²) in [5.74, 6) is -0.268. The van der Waals surface area contributed by atoms with Gasteiger partial charge in [0.25, 0.3) is 5.91 Å². The summed E-state index contributed by atoms with van der Waals surface area (Å²) in [6, 6.07) is 3.48. The van der Waals surface area contributed by atoms with Gasteiger partial charge in [-0.05, 0) is 29.7 Å². The Hall–Kier alpha value is -2.32. The summed E-state index contributed by atoms with van der Waals surface area (Å²) in [4.78, 5) is 20.5. The second-order valence-electron chi connectivity index (χ2n) is 5.37. The smallest absolute Gasteiger partial charge is 0.257 e. The van der Waals surface area contributed by atoms with E-state index in [1.165, 1.54) is 16.8 Å². The van der Waals surface area contributed by atoms with Crippen LogP contribution in [0.3, 0.4) is 0 Å². The van der Waals surface area contributed by atoms with Gasteiger partial charge in [-0.3, -0.25) is 14.8 Å².